The van der Waals surface area contributed by atoms with Gasteiger partial charge in [-0.25, -0.2) is 4.98 Å². The van der Waals surface area contributed by atoms with Crippen LogP contribution in [0.25, 0.3) is 0 Å². The fourth-order valence-corrected chi connectivity index (χ4v) is 2.57. The van der Waals surface area contributed by atoms with Gasteiger partial charge in [0.2, 0.25) is 0 Å². The molecule has 0 aromatic carbocycles. The van der Waals surface area contributed by atoms with Crippen LogP contribution in [-0.2, 0) is 4.79 Å². The number of likely N-dealkylation sites (tertiary alicyclic amines) is 1. The molecule has 1 aliphatic rings. The molecular weight excluding hydrogens is 300 g/mol. The van der Waals surface area contributed by atoms with Crippen molar-refractivity contribution in [1.82, 2.24) is 9.88 Å². The third-order valence-corrected chi connectivity index (χ3v) is 3.71. The van der Waals surface area contributed by atoms with E-state index in [-0.39, 0.29) is 11.9 Å². The second-order valence-electron chi connectivity index (χ2n) is 4.32. The van der Waals surface area contributed by atoms with Gasteiger partial charge in [-0.1, -0.05) is 6.07 Å². The predicted molar refractivity (Wildman–Crippen MR) is 68.2 cm³/mol. The summed E-state index contributed by atoms with van der Waals surface area (Å²) >= 11 is 3.21. The number of carboxylic acid groups (broad SMARTS) is 1. The highest BCUT2D eigenvalue weighted by atomic mass is 79.9. The average molecular weight is 313 g/mol. The molecule has 5 nitrogen and oxygen atoms in total. The zero-order chi connectivity index (χ0) is 13.3. The van der Waals surface area contributed by atoms with Crippen LogP contribution in [0.5, 0.6) is 0 Å². The zero-order valence-corrected chi connectivity index (χ0v) is 11.4. The summed E-state index contributed by atoms with van der Waals surface area (Å²) in [7, 11) is 0. The van der Waals surface area contributed by atoms with Crippen molar-refractivity contribution in [3.05, 3.63) is 28.5 Å². The maximum atomic E-state index is 12.2. The van der Waals surface area contributed by atoms with Gasteiger partial charge in [0, 0.05) is 12.6 Å². The highest BCUT2D eigenvalue weighted by molar-refractivity contribution is 9.10. The maximum absolute atomic E-state index is 12.2. The molecule has 18 heavy (non-hydrogen) atoms. The molecule has 1 aliphatic heterocycles. The van der Waals surface area contributed by atoms with Crippen LogP contribution in [0.2, 0.25) is 0 Å². The molecule has 1 fully saturated rings. The second-order valence-corrected chi connectivity index (χ2v) is 5.13. The summed E-state index contributed by atoms with van der Waals surface area (Å²) in [6, 6.07) is 4.81. The summed E-state index contributed by atoms with van der Waals surface area (Å²) in [5, 5.41) is 9.04. The molecule has 0 saturated carbocycles. The summed E-state index contributed by atoms with van der Waals surface area (Å²) in [4.78, 5) is 28.9. The van der Waals surface area contributed by atoms with Crippen LogP contribution >= 0.6 is 15.9 Å². The molecule has 0 bridgehead atoms. The van der Waals surface area contributed by atoms with E-state index in [9.17, 15) is 9.59 Å². The second kappa shape index (κ2) is 5.06. The standard InChI is InChI=1S/C12H13BrN2O3/c1-7-8(12(17)18)5-6-15(7)11(16)9-3-2-4-10(13)14-9/h2-4,7-8H,5-6H2,1H3,(H,17,18). The van der Waals surface area contributed by atoms with Crippen LogP contribution in [0.3, 0.4) is 0 Å². The number of pyridine rings is 1. The van der Waals surface area contributed by atoms with E-state index in [4.69, 9.17) is 5.11 Å². The number of carboxylic acids is 1. The number of amides is 1. The smallest absolute Gasteiger partial charge is 0.308 e. The minimum Gasteiger partial charge on any atom is -0.481 e. The van der Waals surface area contributed by atoms with Gasteiger partial charge in [-0.05, 0) is 41.4 Å². The molecule has 96 valence electrons. The number of aliphatic carboxylic acids is 1. The number of nitrogens with zero attached hydrogens (tertiary/aromatic N) is 2. The number of carbonyl (C=O) groups excluding carboxylic acids is 1. The molecular formula is C12H13BrN2O3. The van der Waals surface area contributed by atoms with Crippen LogP contribution in [-0.4, -0.2) is 39.5 Å². The first kappa shape index (κ1) is 13.0. The van der Waals surface area contributed by atoms with E-state index < -0.39 is 11.9 Å². The summed E-state index contributed by atoms with van der Waals surface area (Å²) in [5.41, 5.74) is 0.335. The fourth-order valence-electron chi connectivity index (χ4n) is 2.23. The first-order valence-electron chi connectivity index (χ1n) is 5.67. The lowest BCUT2D eigenvalue weighted by atomic mass is 10.0. The topological polar surface area (TPSA) is 70.5 Å². The normalized spacial score (nSPS) is 23.1. The summed E-state index contributed by atoms with van der Waals surface area (Å²) in [6.07, 6.45) is 0.496. The quantitative estimate of drug-likeness (QED) is 0.845. The van der Waals surface area contributed by atoms with E-state index in [1.165, 1.54) is 0 Å². The predicted octanol–water partition coefficient (Wildman–Crippen LogP) is 1.78. The first-order chi connectivity index (χ1) is 8.50. The Kier molecular flexibility index (Phi) is 3.65. The molecule has 0 radical (unpaired) electrons. The summed E-state index contributed by atoms with van der Waals surface area (Å²) in [6.45, 7) is 2.23. The maximum Gasteiger partial charge on any atom is 0.308 e. The summed E-state index contributed by atoms with van der Waals surface area (Å²) < 4.78 is 0.593. The molecule has 0 aliphatic carbocycles. The Morgan fingerprint density at radius 1 is 1.50 bits per heavy atom. The van der Waals surface area contributed by atoms with Crippen LogP contribution in [0.15, 0.2) is 22.8 Å². The first-order valence-corrected chi connectivity index (χ1v) is 6.46. The molecule has 1 amide bonds. The van der Waals surface area contributed by atoms with E-state index in [0.29, 0.717) is 23.3 Å². The van der Waals surface area contributed by atoms with Gasteiger partial charge in [-0.3, -0.25) is 9.59 Å². The molecule has 1 N–H and O–H groups in total. The van der Waals surface area contributed by atoms with Crippen molar-refractivity contribution < 1.29 is 14.7 Å². The molecule has 1 aromatic heterocycles. The Morgan fingerprint density at radius 2 is 2.22 bits per heavy atom. The number of aromatic nitrogens is 1. The Balaban J connectivity index is 2.18. The number of hydrogen-bond acceptors (Lipinski definition) is 3. The highest BCUT2D eigenvalue weighted by Crippen LogP contribution is 2.25. The lowest BCUT2D eigenvalue weighted by molar-refractivity contribution is -0.142. The van der Waals surface area contributed by atoms with Crippen LogP contribution in [0.1, 0.15) is 23.8 Å². The van der Waals surface area contributed by atoms with Gasteiger partial charge in [0.05, 0.1) is 5.92 Å². The highest BCUT2D eigenvalue weighted by Gasteiger charge is 2.38. The molecule has 1 aromatic rings. The van der Waals surface area contributed by atoms with Crippen molar-refractivity contribution >= 4 is 27.8 Å². The van der Waals surface area contributed by atoms with E-state index in [2.05, 4.69) is 20.9 Å². The average Bonchev–Trinajstić information content (AvgIpc) is 2.70. The Hall–Kier alpha value is -1.43. The Labute approximate surface area is 113 Å². The van der Waals surface area contributed by atoms with Gasteiger partial charge < -0.3 is 10.0 Å². The van der Waals surface area contributed by atoms with Gasteiger partial charge in [-0.15, -0.1) is 0 Å². The lowest BCUT2D eigenvalue weighted by Gasteiger charge is -2.22. The molecule has 2 rings (SSSR count). The molecule has 0 spiro atoms. The lowest BCUT2D eigenvalue weighted by Crippen LogP contribution is -2.38. The van der Waals surface area contributed by atoms with Crippen molar-refractivity contribution in [2.24, 2.45) is 5.92 Å². The van der Waals surface area contributed by atoms with Crippen molar-refractivity contribution in [2.45, 2.75) is 19.4 Å². The third kappa shape index (κ3) is 2.38. The summed E-state index contributed by atoms with van der Waals surface area (Å²) in [5.74, 6) is -1.55. The zero-order valence-electron chi connectivity index (χ0n) is 9.84. The van der Waals surface area contributed by atoms with Gasteiger partial charge >= 0.3 is 5.97 Å². The van der Waals surface area contributed by atoms with Gasteiger partial charge in [0.15, 0.2) is 0 Å². The minimum absolute atomic E-state index is 0.215. The van der Waals surface area contributed by atoms with Crippen molar-refractivity contribution in [3.8, 4) is 0 Å². The monoisotopic (exact) mass is 312 g/mol. The van der Waals surface area contributed by atoms with E-state index in [1.54, 1.807) is 30.0 Å². The van der Waals surface area contributed by atoms with Crippen LogP contribution < -0.4 is 0 Å². The van der Waals surface area contributed by atoms with Crippen LogP contribution in [0.4, 0.5) is 0 Å². The van der Waals surface area contributed by atoms with Crippen molar-refractivity contribution in [3.63, 3.8) is 0 Å². The Morgan fingerprint density at radius 3 is 2.78 bits per heavy atom. The molecule has 2 atom stereocenters. The van der Waals surface area contributed by atoms with Gasteiger partial charge in [0.1, 0.15) is 10.3 Å². The van der Waals surface area contributed by atoms with Crippen molar-refractivity contribution in [1.29, 1.82) is 0 Å². The largest absolute Gasteiger partial charge is 0.481 e. The number of halogens is 1. The van der Waals surface area contributed by atoms with Gasteiger partial charge in [-0.2, -0.15) is 0 Å². The van der Waals surface area contributed by atoms with E-state index in [1.807, 2.05) is 0 Å². The number of carbonyl (C=O) groups is 2. The minimum atomic E-state index is -0.847. The molecule has 2 heterocycles. The Bertz CT molecular complexity index is 492. The number of hydrogen-bond donors (Lipinski definition) is 1. The molecule has 2 unspecified atom stereocenters. The van der Waals surface area contributed by atoms with E-state index >= 15 is 0 Å². The van der Waals surface area contributed by atoms with Crippen molar-refractivity contribution in [2.75, 3.05) is 6.54 Å². The molecule has 1 saturated heterocycles. The fraction of sp³-hybridized carbons (Fsp3) is 0.417. The van der Waals surface area contributed by atoms with Gasteiger partial charge in [0.25, 0.3) is 5.91 Å². The van der Waals surface area contributed by atoms with Crippen LogP contribution in [0, 0.1) is 5.92 Å². The third-order valence-electron chi connectivity index (χ3n) is 3.27. The SMILES string of the molecule is CC1C(C(=O)O)CCN1C(=O)c1cccc(Br)n1. The van der Waals surface area contributed by atoms with E-state index in [0.717, 1.165) is 0 Å². The number of rotatable bonds is 2. The molecule has 6 heteroatoms.